The second-order valence-corrected chi connectivity index (χ2v) is 5.72. The monoisotopic (exact) mass is 273 g/mol. The normalized spacial score (nSPS) is 37.9. The highest BCUT2D eigenvalue weighted by atomic mass is 16.7. The van der Waals surface area contributed by atoms with Crippen molar-refractivity contribution in [1.29, 1.82) is 0 Å². The summed E-state index contributed by atoms with van der Waals surface area (Å²) in [5.74, 6) is -0.452. The Kier molecular flexibility index (Phi) is 4.15. The van der Waals surface area contributed by atoms with Gasteiger partial charge in [-0.05, 0) is 13.8 Å². The van der Waals surface area contributed by atoms with E-state index < -0.39 is 17.9 Å². The Balaban J connectivity index is 2.01. The molecule has 0 aromatic rings. The molecule has 0 amide bonds. The van der Waals surface area contributed by atoms with Crippen LogP contribution >= 0.6 is 0 Å². The van der Waals surface area contributed by atoms with Gasteiger partial charge in [0, 0.05) is 0 Å². The molecule has 0 bridgehead atoms. The van der Waals surface area contributed by atoms with Crippen LogP contribution < -0.4 is 5.73 Å². The van der Waals surface area contributed by atoms with Gasteiger partial charge in [0.25, 0.3) is 0 Å². The largest absolute Gasteiger partial charge is 0.457 e. The van der Waals surface area contributed by atoms with Gasteiger partial charge in [-0.3, -0.25) is 10.5 Å². The van der Waals surface area contributed by atoms with Crippen LogP contribution in [0.25, 0.3) is 0 Å². The van der Waals surface area contributed by atoms with Crippen molar-refractivity contribution < 1.29 is 23.7 Å². The molecule has 0 spiro atoms. The summed E-state index contributed by atoms with van der Waals surface area (Å²) in [7, 11) is 0. The van der Waals surface area contributed by atoms with E-state index in [0.29, 0.717) is 6.61 Å². The average molecular weight is 273 g/mol. The minimum Gasteiger partial charge on any atom is -0.457 e. The predicted molar refractivity (Wildman–Crippen MR) is 67.3 cm³/mol. The number of hydrogen-bond donors (Lipinski definition) is 1. The highest BCUT2D eigenvalue weighted by Crippen LogP contribution is 2.37. The van der Waals surface area contributed by atoms with Crippen LogP contribution in [0.3, 0.4) is 0 Å². The summed E-state index contributed by atoms with van der Waals surface area (Å²) in [4.78, 5) is 11.6. The minimum absolute atomic E-state index is 0.0358. The van der Waals surface area contributed by atoms with Gasteiger partial charge in [-0.1, -0.05) is 13.8 Å². The molecule has 2 fully saturated rings. The lowest BCUT2D eigenvalue weighted by atomic mass is 10.0. The number of rotatable bonds is 4. The Morgan fingerprint density at radius 2 is 2.00 bits per heavy atom. The Labute approximate surface area is 113 Å². The number of fused-ring (bicyclic) bond motifs is 1. The zero-order valence-electron chi connectivity index (χ0n) is 11.9. The van der Waals surface area contributed by atoms with Crippen molar-refractivity contribution in [3.63, 3.8) is 0 Å². The van der Waals surface area contributed by atoms with Gasteiger partial charge in [0.05, 0.1) is 25.2 Å². The number of carbonyl (C=O) groups excluding carboxylic acids is 1. The van der Waals surface area contributed by atoms with E-state index in [2.05, 4.69) is 0 Å². The smallest absolute Gasteiger partial charge is 0.308 e. The number of esters is 1. The van der Waals surface area contributed by atoms with Gasteiger partial charge in [-0.2, -0.15) is 0 Å². The summed E-state index contributed by atoms with van der Waals surface area (Å²) in [6.45, 7) is 8.04. The van der Waals surface area contributed by atoms with Gasteiger partial charge < -0.3 is 18.9 Å². The molecule has 0 aromatic carbocycles. The lowest BCUT2D eigenvalue weighted by Crippen LogP contribution is -2.56. The molecule has 0 saturated carbocycles. The molecule has 0 aromatic heterocycles. The van der Waals surface area contributed by atoms with E-state index in [1.54, 1.807) is 13.8 Å². The third kappa shape index (κ3) is 2.76. The average Bonchev–Trinajstić information content (AvgIpc) is 2.77. The maximum atomic E-state index is 11.6. The highest BCUT2D eigenvalue weighted by molar-refractivity contribution is 5.71. The van der Waals surface area contributed by atoms with Gasteiger partial charge in [0.2, 0.25) is 0 Å². The summed E-state index contributed by atoms with van der Waals surface area (Å²) in [6, 6.07) is 0. The Bertz CT molecular complexity index is 346. The Morgan fingerprint density at radius 3 is 2.58 bits per heavy atom. The fourth-order valence-electron chi connectivity index (χ4n) is 2.38. The van der Waals surface area contributed by atoms with E-state index in [9.17, 15) is 4.79 Å². The second kappa shape index (κ2) is 5.36. The fourth-order valence-corrected chi connectivity index (χ4v) is 2.38. The maximum Gasteiger partial charge on any atom is 0.308 e. The molecular formula is C13H23NO5. The molecule has 6 nitrogen and oxygen atoms in total. The van der Waals surface area contributed by atoms with Crippen molar-refractivity contribution in [1.82, 2.24) is 0 Å². The SMILES string of the molecule is CC(C)OC1CO[C@@H]2C(OC(=O)C(C)C)CO[C@]12N. The van der Waals surface area contributed by atoms with Crippen molar-refractivity contribution >= 4 is 5.97 Å². The quantitative estimate of drug-likeness (QED) is 0.748. The van der Waals surface area contributed by atoms with Crippen LogP contribution in [0.5, 0.6) is 0 Å². The van der Waals surface area contributed by atoms with E-state index in [-0.39, 0.29) is 30.7 Å². The van der Waals surface area contributed by atoms with E-state index >= 15 is 0 Å². The summed E-state index contributed by atoms with van der Waals surface area (Å²) in [5, 5.41) is 0. The van der Waals surface area contributed by atoms with Crippen LogP contribution in [0.2, 0.25) is 0 Å². The summed E-state index contributed by atoms with van der Waals surface area (Å²) >= 11 is 0. The molecule has 4 atom stereocenters. The first-order chi connectivity index (χ1) is 8.84. The molecule has 2 aliphatic heterocycles. The molecule has 110 valence electrons. The molecule has 2 unspecified atom stereocenters. The topological polar surface area (TPSA) is 80.0 Å². The molecule has 2 N–H and O–H groups in total. The molecule has 2 saturated heterocycles. The van der Waals surface area contributed by atoms with Crippen LogP contribution in [-0.4, -0.2) is 49.3 Å². The fraction of sp³-hybridized carbons (Fsp3) is 0.923. The maximum absolute atomic E-state index is 11.6. The van der Waals surface area contributed by atoms with Crippen LogP contribution in [0.4, 0.5) is 0 Å². The first kappa shape index (κ1) is 14.7. The van der Waals surface area contributed by atoms with Gasteiger partial charge in [0.15, 0.2) is 11.8 Å². The highest BCUT2D eigenvalue weighted by Gasteiger charge is 2.60. The molecule has 6 heteroatoms. The van der Waals surface area contributed by atoms with E-state index in [1.807, 2.05) is 13.8 Å². The Morgan fingerprint density at radius 1 is 1.32 bits per heavy atom. The first-order valence-corrected chi connectivity index (χ1v) is 6.75. The third-order valence-corrected chi connectivity index (χ3v) is 3.39. The molecular weight excluding hydrogens is 250 g/mol. The third-order valence-electron chi connectivity index (χ3n) is 3.39. The predicted octanol–water partition coefficient (Wildman–Crippen LogP) is 0.432. The van der Waals surface area contributed by atoms with Crippen LogP contribution in [0.1, 0.15) is 27.7 Å². The molecule has 0 aliphatic carbocycles. The summed E-state index contributed by atoms with van der Waals surface area (Å²) in [6.07, 6.45) is -1.21. The number of ether oxygens (including phenoxy) is 4. The van der Waals surface area contributed by atoms with Gasteiger partial charge in [0.1, 0.15) is 12.2 Å². The van der Waals surface area contributed by atoms with Crippen LogP contribution in [0, 0.1) is 5.92 Å². The molecule has 2 rings (SSSR count). The van der Waals surface area contributed by atoms with Crippen molar-refractivity contribution in [3.8, 4) is 0 Å². The van der Waals surface area contributed by atoms with Gasteiger partial charge in [-0.15, -0.1) is 0 Å². The van der Waals surface area contributed by atoms with E-state index in [4.69, 9.17) is 24.7 Å². The first-order valence-electron chi connectivity index (χ1n) is 6.75. The molecule has 19 heavy (non-hydrogen) atoms. The standard InChI is InChI=1S/C13H23NO5/c1-7(2)12(15)19-9-5-17-13(14)10(18-8(3)4)6-16-11(9)13/h7-11H,5-6,14H2,1-4H3/t9?,10?,11-,13-/m1/s1. The molecule has 2 heterocycles. The number of hydrogen-bond acceptors (Lipinski definition) is 6. The van der Waals surface area contributed by atoms with Crippen LogP contribution in [0.15, 0.2) is 0 Å². The van der Waals surface area contributed by atoms with Crippen molar-refractivity contribution in [3.05, 3.63) is 0 Å². The van der Waals surface area contributed by atoms with Gasteiger partial charge in [-0.25, -0.2) is 0 Å². The zero-order chi connectivity index (χ0) is 14.2. The second-order valence-electron chi connectivity index (χ2n) is 5.72. The molecule has 0 radical (unpaired) electrons. The minimum atomic E-state index is -1.02. The Hall–Kier alpha value is -0.690. The number of nitrogens with two attached hydrogens (primary N) is 1. The van der Waals surface area contributed by atoms with E-state index in [0.717, 1.165) is 0 Å². The van der Waals surface area contributed by atoms with Gasteiger partial charge >= 0.3 is 5.97 Å². The summed E-state index contributed by atoms with van der Waals surface area (Å²) < 4.78 is 22.4. The number of carbonyl (C=O) groups is 1. The van der Waals surface area contributed by atoms with Crippen molar-refractivity contribution in [2.24, 2.45) is 11.7 Å². The zero-order valence-corrected chi connectivity index (χ0v) is 11.9. The lowest BCUT2D eigenvalue weighted by molar-refractivity contribution is -0.157. The van der Waals surface area contributed by atoms with E-state index in [1.165, 1.54) is 0 Å². The van der Waals surface area contributed by atoms with Crippen molar-refractivity contribution in [2.45, 2.75) is 57.8 Å². The lowest BCUT2D eigenvalue weighted by Gasteiger charge is -2.29. The van der Waals surface area contributed by atoms with Crippen molar-refractivity contribution in [2.75, 3.05) is 13.2 Å². The molecule has 2 aliphatic rings. The van der Waals surface area contributed by atoms with Crippen LogP contribution in [-0.2, 0) is 23.7 Å². The summed E-state index contributed by atoms with van der Waals surface area (Å²) in [5.41, 5.74) is 5.21.